The minimum Gasteiger partial charge on any atom is -0.615 e. The molecule has 0 radical (unpaired) electrons. The second kappa shape index (κ2) is 31.5. The number of hydrogen-bond donors (Lipinski definition) is 4. The maximum Gasteiger partial charge on any atom is 0.255 e. The number of benzene rings is 7. The number of nitrogen functional groups attached to an aromatic ring is 2. The van der Waals surface area contributed by atoms with Gasteiger partial charge in [-0.1, -0.05) is 117 Å². The molecular weight excluding hydrogens is 983 g/mol. The Morgan fingerprint density at radius 2 is 0.768 bits per heavy atom. The summed E-state index contributed by atoms with van der Waals surface area (Å²) in [6.45, 7) is 2.35. The standard InChI is InChI=1S/C23H20N2O3.C9H12N2O.C8H8O.2C6H5OPS2/c1-2-21(26)18-13-19(24-22(27)16-9-5-3-6-10-16)15-20(14-18)25-23(28)17-11-7-4-8-12-17;1-2-9(12)6-3-7(10)5-8(11)4-6;1-7(9)8-5-3-2-4-6-8;2*7-8(10-9)6-4-2-1-3-5-6/h3-15H,2H2,1H3,(H,24,27)(H,25,28);3-5H,2,10-11H2,1H3;2-6H,1H3;2*1-5H. The lowest BCUT2D eigenvalue weighted by Crippen LogP contribution is -2.15. The van der Waals surface area contributed by atoms with Gasteiger partial charge in [0.1, 0.15) is 19.0 Å². The largest absolute Gasteiger partial charge is 0.615 e. The molecule has 0 aliphatic rings. The molecule has 0 aliphatic heterocycles. The summed E-state index contributed by atoms with van der Waals surface area (Å²) in [6, 6.07) is 55.0. The van der Waals surface area contributed by atoms with Gasteiger partial charge in [-0.3, -0.25) is 24.0 Å². The van der Waals surface area contributed by atoms with Crippen molar-refractivity contribution in [2.75, 3.05) is 22.1 Å². The van der Waals surface area contributed by atoms with Crippen molar-refractivity contribution >= 4 is 118 Å². The molecule has 0 aromatic heterocycles. The van der Waals surface area contributed by atoms with Crippen LogP contribution in [0.25, 0.3) is 0 Å². The van der Waals surface area contributed by atoms with E-state index in [9.17, 15) is 33.8 Å². The van der Waals surface area contributed by atoms with Crippen LogP contribution in [0, 0.1) is 0 Å². The fourth-order valence-electron chi connectivity index (χ4n) is 5.62. The Bertz CT molecular complexity index is 2760. The molecule has 69 heavy (non-hydrogen) atoms. The Balaban J connectivity index is 0.000000254. The number of hydrogen-bond acceptors (Lipinski definition) is 11. The third-order valence-corrected chi connectivity index (χ3v) is 15.3. The lowest BCUT2D eigenvalue weighted by atomic mass is 10.1. The van der Waals surface area contributed by atoms with Gasteiger partial charge in [-0.05, 0) is 91.9 Å². The predicted molar refractivity (Wildman–Crippen MR) is 292 cm³/mol. The summed E-state index contributed by atoms with van der Waals surface area (Å²) < 4.78 is 0. The Morgan fingerprint density at radius 1 is 0.464 bits per heavy atom. The average molecular weight is 1030 g/mol. The first-order chi connectivity index (χ1) is 33.2. The molecule has 354 valence electrons. The van der Waals surface area contributed by atoms with Crippen LogP contribution in [0.4, 0.5) is 22.7 Å². The molecule has 17 heteroatoms. The van der Waals surface area contributed by atoms with Crippen molar-refractivity contribution < 1.29 is 33.8 Å². The van der Waals surface area contributed by atoms with E-state index in [0.717, 1.165) is 35.2 Å². The quantitative estimate of drug-likeness (QED) is 0.0546. The van der Waals surface area contributed by atoms with Gasteiger partial charge in [-0.15, -0.1) is 0 Å². The smallest absolute Gasteiger partial charge is 0.255 e. The Labute approximate surface area is 420 Å². The van der Waals surface area contributed by atoms with Gasteiger partial charge in [-0.25, -0.2) is 0 Å². The number of carbonyl (C=O) groups is 5. The number of nitrogens with two attached hydrogens (primary N) is 2. The van der Waals surface area contributed by atoms with Crippen LogP contribution < -0.4 is 42.5 Å². The summed E-state index contributed by atoms with van der Waals surface area (Å²) in [5, 5.41) is 7.21. The molecule has 0 saturated heterocycles. The van der Waals surface area contributed by atoms with E-state index in [1.807, 2.05) is 110 Å². The van der Waals surface area contributed by atoms with Crippen LogP contribution in [0.1, 0.15) is 85.4 Å². The van der Waals surface area contributed by atoms with Crippen LogP contribution in [0.15, 0.2) is 188 Å². The van der Waals surface area contributed by atoms with Gasteiger partial charge in [-0.2, -0.15) is 0 Å². The van der Waals surface area contributed by atoms with Gasteiger partial charge in [0.2, 0.25) is 0 Å². The van der Waals surface area contributed by atoms with Gasteiger partial charge >= 0.3 is 0 Å². The summed E-state index contributed by atoms with van der Waals surface area (Å²) in [6.07, 6.45) is 0.797. The summed E-state index contributed by atoms with van der Waals surface area (Å²) >= 11 is 9.18. The molecule has 0 aliphatic carbocycles. The molecule has 0 saturated carbocycles. The van der Waals surface area contributed by atoms with E-state index in [1.54, 1.807) is 98.8 Å². The molecule has 2 unspecified atom stereocenters. The fourth-order valence-corrected chi connectivity index (χ4v) is 9.42. The first-order valence-electron chi connectivity index (χ1n) is 21.0. The molecule has 2 amide bonds. The number of Topliss-reactive ketones (excluding diaryl/α,β-unsaturated/α-hetero) is 3. The molecule has 0 bridgehead atoms. The minimum absolute atomic E-state index is 0.0639. The first-order valence-corrected chi connectivity index (χ1v) is 28.2. The highest BCUT2D eigenvalue weighted by atomic mass is 32.9. The van der Waals surface area contributed by atoms with Crippen LogP contribution >= 0.6 is 13.8 Å². The molecule has 0 fully saturated rings. The number of nitrogens with one attached hydrogen (secondary N) is 2. The second-order valence-corrected chi connectivity index (χ2v) is 22.1. The van der Waals surface area contributed by atoms with Gasteiger partial charge in [0.25, 0.3) is 11.8 Å². The van der Waals surface area contributed by atoms with Gasteiger partial charge < -0.3 is 31.9 Å². The van der Waals surface area contributed by atoms with Crippen LogP contribution in [-0.4, -0.2) is 29.2 Å². The van der Waals surface area contributed by atoms with E-state index < -0.39 is 13.8 Å². The topological polar surface area (TPSA) is 208 Å². The molecule has 2 atom stereocenters. The summed E-state index contributed by atoms with van der Waals surface area (Å²) in [5.41, 5.74) is 15.8. The molecule has 11 nitrogen and oxygen atoms in total. The van der Waals surface area contributed by atoms with Crippen molar-refractivity contribution in [1.82, 2.24) is 0 Å². The zero-order valence-electron chi connectivity index (χ0n) is 37.9. The van der Waals surface area contributed by atoms with E-state index in [-0.39, 0.29) is 29.2 Å². The molecule has 0 spiro atoms. The number of rotatable bonds is 11. The monoisotopic (exact) mass is 1030 g/mol. The highest BCUT2D eigenvalue weighted by Crippen LogP contribution is 2.22. The van der Waals surface area contributed by atoms with Gasteiger partial charge in [0.05, 0.1) is 0 Å². The van der Waals surface area contributed by atoms with Crippen molar-refractivity contribution in [1.29, 1.82) is 0 Å². The van der Waals surface area contributed by atoms with Crippen molar-refractivity contribution in [2.45, 2.75) is 33.6 Å². The highest BCUT2D eigenvalue weighted by molar-refractivity contribution is 8.35. The van der Waals surface area contributed by atoms with Crippen LogP contribution in [0.3, 0.4) is 0 Å². The third-order valence-electron chi connectivity index (χ3n) is 9.03. The average Bonchev–Trinajstić information content (AvgIpc) is 3.39. The molecule has 0 heterocycles. The normalized spacial score (nSPS) is 10.1. The maximum absolute atomic E-state index is 12.4. The zero-order valence-corrected chi connectivity index (χ0v) is 42.9. The van der Waals surface area contributed by atoms with Crippen LogP contribution in [-0.2, 0) is 41.4 Å². The molecule has 7 aromatic carbocycles. The Morgan fingerprint density at radius 3 is 1.06 bits per heavy atom. The van der Waals surface area contributed by atoms with E-state index in [1.165, 1.54) is 0 Å². The van der Waals surface area contributed by atoms with E-state index in [0.29, 0.717) is 57.8 Å². The molecule has 6 N–H and O–H groups in total. The van der Waals surface area contributed by atoms with Crippen molar-refractivity contribution in [3.63, 3.8) is 0 Å². The highest BCUT2D eigenvalue weighted by Gasteiger charge is 2.13. The third kappa shape index (κ3) is 21.1. The zero-order chi connectivity index (χ0) is 50.6. The predicted octanol–water partition coefficient (Wildman–Crippen LogP) is 9.17. The molecular formula is C52H50N4O7P2S4. The van der Waals surface area contributed by atoms with Crippen LogP contribution in [0.2, 0.25) is 0 Å². The van der Waals surface area contributed by atoms with Crippen molar-refractivity contribution in [3.8, 4) is 0 Å². The van der Waals surface area contributed by atoms with Crippen LogP contribution in [0.5, 0.6) is 0 Å². The van der Waals surface area contributed by atoms with Crippen molar-refractivity contribution in [2.24, 2.45) is 0 Å². The SMILES string of the molecule is CC(=O)c1ccccc1.CCC(=O)c1cc(N)cc(N)c1.CCC(=O)c1cc(NC(=O)c2ccccc2)cc(NC(=O)c2ccccc2)c1.[O-][P+](=S=S)c1ccccc1.[O-][P+](=S=S)c1ccccc1. The minimum atomic E-state index is -1.39. The lowest BCUT2D eigenvalue weighted by molar-refractivity contribution is -0.149. The molecule has 7 aromatic rings. The summed E-state index contributed by atoms with van der Waals surface area (Å²) in [4.78, 5) is 81.0. The first kappa shape index (κ1) is 56.8. The van der Waals surface area contributed by atoms with E-state index in [4.69, 9.17) is 11.5 Å². The fraction of sp³-hybridized carbons (Fsp3) is 0.0962. The second-order valence-electron chi connectivity index (χ2n) is 14.1. The lowest BCUT2D eigenvalue weighted by Gasteiger charge is -2.12. The van der Waals surface area contributed by atoms with Crippen molar-refractivity contribution in [3.05, 3.63) is 216 Å². The number of anilines is 4. The van der Waals surface area contributed by atoms with Gasteiger partial charge in [0, 0.05) is 85.8 Å². The Hall–Kier alpha value is -6.51. The Kier molecular flexibility index (Phi) is 26.0. The number of amides is 2. The number of carbonyl (C=O) groups excluding carboxylic acids is 5. The summed E-state index contributed by atoms with van der Waals surface area (Å²) in [7, 11) is 1.94. The van der Waals surface area contributed by atoms with E-state index >= 15 is 0 Å². The summed E-state index contributed by atoms with van der Waals surface area (Å²) in [5.74, 6) is -0.473. The maximum atomic E-state index is 12.4. The van der Waals surface area contributed by atoms with Gasteiger partial charge in [0.15, 0.2) is 41.8 Å². The van der Waals surface area contributed by atoms with E-state index in [2.05, 4.69) is 33.0 Å². The number of ketones is 3. The molecule has 7 rings (SSSR count).